The summed E-state index contributed by atoms with van der Waals surface area (Å²) in [7, 11) is 0. The van der Waals surface area contributed by atoms with E-state index < -0.39 is 0 Å². The molecule has 58 valence electrons. The van der Waals surface area contributed by atoms with E-state index in [0.29, 0.717) is 5.91 Å². The Balaban J connectivity index is 0.000000500. The van der Waals surface area contributed by atoms with E-state index in [1.54, 1.807) is 0 Å². The Kier molecular flexibility index (Phi) is 2.19. The summed E-state index contributed by atoms with van der Waals surface area (Å²) >= 11 is 0. The molecule has 2 bridgehead atoms. The molecule has 0 aromatic carbocycles. The summed E-state index contributed by atoms with van der Waals surface area (Å²) in [6.45, 7) is 2.06. The lowest BCUT2D eigenvalue weighted by atomic mass is 9.88. The van der Waals surface area contributed by atoms with Crippen molar-refractivity contribution in [2.24, 2.45) is 5.92 Å². The Morgan fingerprint density at radius 2 is 1.90 bits per heavy atom. The molecule has 0 aliphatic carbocycles. The number of halogens is 1. The van der Waals surface area contributed by atoms with Crippen molar-refractivity contribution in [1.29, 1.82) is 0 Å². The van der Waals surface area contributed by atoms with Crippen LogP contribution in [0.2, 0.25) is 0 Å². The van der Waals surface area contributed by atoms with Gasteiger partial charge in [0.15, 0.2) is 0 Å². The number of carbonyl (C=O) groups is 1. The van der Waals surface area contributed by atoms with Crippen molar-refractivity contribution in [3.05, 3.63) is 0 Å². The fraction of sp³-hybridized carbons (Fsp3) is 0.857. The number of fused-ring (bicyclic) bond motifs is 3. The summed E-state index contributed by atoms with van der Waals surface area (Å²) in [6.07, 6.45) is 3.34. The second-order valence-corrected chi connectivity index (χ2v) is 3.03. The Hall–Kier alpha value is -0.240. The molecule has 2 nitrogen and oxygen atoms in total. The first-order valence-corrected chi connectivity index (χ1v) is 3.64. The van der Waals surface area contributed by atoms with Gasteiger partial charge < -0.3 is 4.90 Å². The normalized spacial score (nSPS) is 24.8. The summed E-state index contributed by atoms with van der Waals surface area (Å²) in [4.78, 5) is 13.0. The third-order valence-electron chi connectivity index (χ3n) is 2.43. The Bertz CT molecular complexity index is 141. The van der Waals surface area contributed by atoms with Crippen molar-refractivity contribution in [2.75, 3.05) is 13.1 Å². The van der Waals surface area contributed by atoms with Crippen LogP contribution in [0.4, 0.5) is 0 Å². The quantitative estimate of drug-likeness (QED) is 0.520. The third-order valence-corrected chi connectivity index (χ3v) is 2.43. The van der Waals surface area contributed by atoms with Crippen LogP contribution in [0.5, 0.6) is 0 Å². The van der Waals surface area contributed by atoms with Crippen LogP contribution in [-0.4, -0.2) is 23.9 Å². The van der Waals surface area contributed by atoms with Crippen LogP contribution in [0, 0.1) is 5.92 Å². The average molecular weight is 162 g/mol. The number of carbonyl (C=O) groups excluding carboxylic acids is 1. The van der Waals surface area contributed by atoms with Crippen LogP contribution in [0.1, 0.15) is 19.3 Å². The zero-order valence-electron chi connectivity index (χ0n) is 5.88. The van der Waals surface area contributed by atoms with Crippen molar-refractivity contribution >= 4 is 18.3 Å². The van der Waals surface area contributed by atoms with Gasteiger partial charge in [-0.2, -0.15) is 0 Å². The number of hydrogen-bond donors (Lipinski definition) is 0. The van der Waals surface area contributed by atoms with Crippen molar-refractivity contribution in [1.82, 2.24) is 4.90 Å². The molecule has 0 atom stereocenters. The van der Waals surface area contributed by atoms with E-state index in [1.807, 2.05) is 4.90 Å². The fourth-order valence-electron chi connectivity index (χ4n) is 1.76. The van der Waals surface area contributed by atoms with Crippen LogP contribution in [-0.2, 0) is 4.79 Å². The van der Waals surface area contributed by atoms with Crippen molar-refractivity contribution in [2.45, 2.75) is 19.3 Å². The molecule has 0 unspecified atom stereocenters. The van der Waals surface area contributed by atoms with Crippen molar-refractivity contribution in [3.8, 4) is 0 Å². The largest absolute Gasteiger partial charge is 0.343 e. The maximum Gasteiger partial charge on any atom is 0.222 e. The molecule has 3 heteroatoms. The standard InChI is InChI=1S/C7H11NO.ClH/c9-7-5-6-1-3-8(7)4-2-6;/h6H,1-5H2;1H. The van der Waals surface area contributed by atoms with Gasteiger partial charge in [-0.1, -0.05) is 0 Å². The number of piperidine rings is 3. The topological polar surface area (TPSA) is 20.3 Å². The van der Waals surface area contributed by atoms with Gasteiger partial charge >= 0.3 is 0 Å². The van der Waals surface area contributed by atoms with Crippen LogP contribution in [0.15, 0.2) is 0 Å². The van der Waals surface area contributed by atoms with E-state index in [-0.39, 0.29) is 12.4 Å². The lowest BCUT2D eigenvalue weighted by Gasteiger charge is -2.38. The predicted molar refractivity (Wildman–Crippen MR) is 41.2 cm³/mol. The van der Waals surface area contributed by atoms with Gasteiger partial charge in [-0.25, -0.2) is 0 Å². The second kappa shape index (κ2) is 2.79. The van der Waals surface area contributed by atoms with Crippen LogP contribution in [0.3, 0.4) is 0 Å². The van der Waals surface area contributed by atoms with Crippen LogP contribution in [0.25, 0.3) is 0 Å². The first-order valence-electron chi connectivity index (χ1n) is 3.64. The summed E-state index contributed by atoms with van der Waals surface area (Å²) < 4.78 is 0. The zero-order valence-corrected chi connectivity index (χ0v) is 6.69. The minimum atomic E-state index is 0. The van der Waals surface area contributed by atoms with E-state index >= 15 is 0 Å². The highest BCUT2D eigenvalue weighted by Gasteiger charge is 2.30. The molecule has 3 aliphatic rings. The van der Waals surface area contributed by atoms with Gasteiger partial charge in [-0.15, -0.1) is 12.4 Å². The molecule has 0 radical (unpaired) electrons. The second-order valence-electron chi connectivity index (χ2n) is 3.03. The van der Waals surface area contributed by atoms with Gasteiger partial charge in [-0.05, 0) is 18.8 Å². The molecule has 3 fully saturated rings. The molecule has 0 saturated carbocycles. The van der Waals surface area contributed by atoms with Gasteiger partial charge in [0.25, 0.3) is 0 Å². The number of hydrogen-bond acceptors (Lipinski definition) is 1. The Morgan fingerprint density at radius 3 is 2.10 bits per heavy atom. The molecule has 3 saturated heterocycles. The van der Waals surface area contributed by atoms with Crippen molar-refractivity contribution < 1.29 is 4.79 Å². The summed E-state index contributed by atoms with van der Waals surface area (Å²) in [5.74, 6) is 1.13. The molecular formula is C7H12ClNO. The first kappa shape index (κ1) is 7.86. The third kappa shape index (κ3) is 1.12. The highest BCUT2D eigenvalue weighted by molar-refractivity contribution is 5.85. The molecule has 3 rings (SSSR count). The zero-order chi connectivity index (χ0) is 6.27. The minimum absolute atomic E-state index is 0. The van der Waals surface area contributed by atoms with E-state index in [0.717, 1.165) is 25.4 Å². The van der Waals surface area contributed by atoms with Crippen LogP contribution < -0.4 is 0 Å². The molecule has 0 aromatic heterocycles. The Morgan fingerprint density at radius 1 is 1.30 bits per heavy atom. The maximum absolute atomic E-state index is 11.0. The summed E-state index contributed by atoms with van der Waals surface area (Å²) in [5.41, 5.74) is 0. The molecule has 0 spiro atoms. The molecule has 10 heavy (non-hydrogen) atoms. The SMILES string of the molecule is Cl.O=C1CC2CCN1CC2. The monoisotopic (exact) mass is 161 g/mol. The lowest BCUT2D eigenvalue weighted by Crippen LogP contribution is -2.45. The summed E-state index contributed by atoms with van der Waals surface area (Å²) in [6, 6.07) is 0. The highest BCUT2D eigenvalue weighted by Crippen LogP contribution is 2.27. The van der Waals surface area contributed by atoms with Gasteiger partial charge in [0.1, 0.15) is 0 Å². The fourth-order valence-corrected chi connectivity index (χ4v) is 1.76. The summed E-state index contributed by atoms with van der Waals surface area (Å²) in [5, 5.41) is 0. The number of rotatable bonds is 0. The highest BCUT2D eigenvalue weighted by atomic mass is 35.5. The first-order chi connectivity index (χ1) is 4.36. The van der Waals surface area contributed by atoms with Gasteiger partial charge in [0.2, 0.25) is 5.91 Å². The molecule has 0 N–H and O–H groups in total. The number of amides is 1. The van der Waals surface area contributed by atoms with Gasteiger partial charge in [0, 0.05) is 19.5 Å². The van der Waals surface area contributed by atoms with E-state index in [2.05, 4.69) is 0 Å². The van der Waals surface area contributed by atoms with E-state index in [9.17, 15) is 4.79 Å². The minimum Gasteiger partial charge on any atom is -0.343 e. The maximum atomic E-state index is 11.0. The molecule has 1 amide bonds. The predicted octanol–water partition coefficient (Wildman–Crippen LogP) is 1.05. The molecule has 3 aliphatic heterocycles. The average Bonchev–Trinajstić information content (AvgIpc) is 1.90. The van der Waals surface area contributed by atoms with Gasteiger partial charge in [-0.3, -0.25) is 4.79 Å². The van der Waals surface area contributed by atoms with Crippen molar-refractivity contribution in [3.63, 3.8) is 0 Å². The smallest absolute Gasteiger partial charge is 0.222 e. The van der Waals surface area contributed by atoms with E-state index in [1.165, 1.54) is 12.8 Å². The van der Waals surface area contributed by atoms with Crippen LogP contribution >= 0.6 is 12.4 Å². The number of nitrogens with zero attached hydrogens (tertiary/aromatic N) is 1. The molecular weight excluding hydrogens is 150 g/mol. The van der Waals surface area contributed by atoms with E-state index in [4.69, 9.17) is 0 Å². The molecule has 3 heterocycles. The molecule has 0 aromatic rings. The van der Waals surface area contributed by atoms with Gasteiger partial charge in [0.05, 0.1) is 0 Å². The Labute approximate surface area is 67.0 Å². The lowest BCUT2D eigenvalue weighted by molar-refractivity contribution is -0.138.